The van der Waals surface area contributed by atoms with E-state index < -0.39 is 11.8 Å². The van der Waals surface area contributed by atoms with E-state index in [0.29, 0.717) is 5.01 Å². The second-order valence-corrected chi connectivity index (χ2v) is 4.31. The molecule has 18 heavy (non-hydrogen) atoms. The van der Waals surface area contributed by atoms with E-state index in [-0.39, 0.29) is 11.9 Å². The molecule has 6 heteroatoms. The first-order valence-corrected chi connectivity index (χ1v) is 5.97. The van der Waals surface area contributed by atoms with E-state index in [9.17, 15) is 14.4 Å². The van der Waals surface area contributed by atoms with Crippen LogP contribution in [0.2, 0.25) is 0 Å². The van der Waals surface area contributed by atoms with Crippen molar-refractivity contribution in [3.63, 3.8) is 0 Å². The summed E-state index contributed by atoms with van der Waals surface area (Å²) in [5.41, 5.74) is 0. The summed E-state index contributed by atoms with van der Waals surface area (Å²) in [6, 6.07) is 0. The van der Waals surface area contributed by atoms with Crippen LogP contribution in [0.15, 0.2) is 17.3 Å². The fraction of sp³-hybridized carbons (Fsp3) is 0.500. The third-order valence-corrected chi connectivity index (χ3v) is 3.06. The Balaban J connectivity index is 1.82. The van der Waals surface area contributed by atoms with Gasteiger partial charge in [0.2, 0.25) is 6.40 Å². The molecule has 1 fully saturated rings. The van der Waals surface area contributed by atoms with E-state index in [1.54, 1.807) is 0 Å². The van der Waals surface area contributed by atoms with Gasteiger partial charge in [0.25, 0.3) is 11.8 Å². The summed E-state index contributed by atoms with van der Waals surface area (Å²) in [5, 5.41) is 4.17. The Morgan fingerprint density at radius 2 is 1.83 bits per heavy atom. The zero-order valence-electron chi connectivity index (χ0n) is 9.87. The van der Waals surface area contributed by atoms with E-state index >= 15 is 0 Å². The molecule has 0 radical (unpaired) electrons. The molecule has 0 aromatic rings. The molecule has 0 bridgehead atoms. The fourth-order valence-corrected chi connectivity index (χ4v) is 2.06. The number of ether oxygens (including phenoxy) is 1. The van der Waals surface area contributed by atoms with Gasteiger partial charge in [-0.3, -0.25) is 14.4 Å². The maximum absolute atomic E-state index is 11.6. The molecule has 0 N–H and O–H groups in total. The number of hydrogen-bond donors (Lipinski definition) is 0. The highest BCUT2D eigenvalue weighted by atomic mass is 16.5. The van der Waals surface area contributed by atoms with Gasteiger partial charge in [-0.2, -0.15) is 5.01 Å². The van der Waals surface area contributed by atoms with Gasteiger partial charge in [-0.25, -0.2) is 0 Å². The monoisotopic (exact) mass is 250 g/mol. The Bertz CT molecular complexity index is 404. The molecule has 0 aromatic heterocycles. The van der Waals surface area contributed by atoms with Gasteiger partial charge < -0.3 is 4.74 Å². The van der Waals surface area contributed by atoms with Crippen LogP contribution in [-0.4, -0.2) is 29.2 Å². The van der Waals surface area contributed by atoms with Gasteiger partial charge in [0.15, 0.2) is 0 Å². The number of carbonyl (C=O) groups excluding carboxylic acids is 3. The summed E-state index contributed by atoms with van der Waals surface area (Å²) in [6.07, 6.45) is 7.96. The van der Waals surface area contributed by atoms with E-state index in [2.05, 4.69) is 5.10 Å². The van der Waals surface area contributed by atoms with Crippen molar-refractivity contribution in [2.24, 2.45) is 11.0 Å². The smallest absolute Gasteiger partial charge is 0.315 e. The molecule has 0 atom stereocenters. The molecule has 0 saturated heterocycles. The van der Waals surface area contributed by atoms with Crippen molar-refractivity contribution >= 4 is 24.2 Å². The molecular weight excluding hydrogens is 236 g/mol. The van der Waals surface area contributed by atoms with Gasteiger partial charge in [0, 0.05) is 12.2 Å². The van der Waals surface area contributed by atoms with Crippen molar-refractivity contribution in [3.8, 4) is 0 Å². The molecule has 1 saturated carbocycles. The van der Waals surface area contributed by atoms with Crippen LogP contribution >= 0.6 is 0 Å². The second-order valence-electron chi connectivity index (χ2n) is 4.31. The molecule has 6 nitrogen and oxygen atoms in total. The number of carbonyl (C=O) groups is 3. The molecular formula is C12H14N2O4. The van der Waals surface area contributed by atoms with Crippen LogP contribution in [-0.2, 0) is 19.1 Å². The van der Waals surface area contributed by atoms with Crippen molar-refractivity contribution in [2.75, 3.05) is 0 Å². The number of rotatable bonds is 3. The highest BCUT2D eigenvalue weighted by Gasteiger charge is 2.24. The molecule has 0 aromatic carbocycles. The number of hydrazone groups is 1. The lowest BCUT2D eigenvalue weighted by atomic mass is 9.89. The predicted molar refractivity (Wildman–Crippen MR) is 62.2 cm³/mol. The molecule has 1 heterocycles. The summed E-state index contributed by atoms with van der Waals surface area (Å²) in [5.74, 6) is -1.51. The van der Waals surface area contributed by atoms with E-state index in [4.69, 9.17) is 4.74 Å². The predicted octanol–water partition coefficient (Wildman–Crippen LogP) is 0.978. The quantitative estimate of drug-likeness (QED) is 0.324. The summed E-state index contributed by atoms with van der Waals surface area (Å²) in [7, 11) is 0. The van der Waals surface area contributed by atoms with Gasteiger partial charge in [-0.15, -0.1) is 5.10 Å². The first-order chi connectivity index (χ1) is 8.68. The molecule has 1 aliphatic carbocycles. The summed E-state index contributed by atoms with van der Waals surface area (Å²) in [4.78, 5) is 33.9. The van der Waals surface area contributed by atoms with Crippen LogP contribution in [0.1, 0.15) is 32.1 Å². The Kier molecular flexibility index (Phi) is 3.86. The minimum Gasteiger partial charge on any atom is -0.413 e. The van der Waals surface area contributed by atoms with Gasteiger partial charge in [0.05, 0.1) is 5.92 Å². The maximum Gasteiger partial charge on any atom is 0.315 e. The lowest BCUT2D eigenvalue weighted by molar-refractivity contribution is -0.142. The van der Waals surface area contributed by atoms with Crippen LogP contribution in [0.3, 0.4) is 0 Å². The van der Waals surface area contributed by atoms with E-state index in [1.165, 1.54) is 0 Å². The zero-order chi connectivity index (χ0) is 13.0. The third kappa shape index (κ3) is 2.82. The standard InChI is InChI=1S/C12H14N2O4/c15-10-6-7-11(16)14(10)13-8-18-12(17)9-4-2-1-3-5-9/h6-9H,1-5H2. The molecule has 2 aliphatic rings. The van der Waals surface area contributed by atoms with Gasteiger partial charge in [0.1, 0.15) is 0 Å². The Hall–Kier alpha value is -1.98. The first kappa shape index (κ1) is 12.5. The van der Waals surface area contributed by atoms with Crippen molar-refractivity contribution in [1.29, 1.82) is 0 Å². The van der Waals surface area contributed by atoms with Gasteiger partial charge in [-0.05, 0) is 12.8 Å². The second kappa shape index (κ2) is 5.57. The van der Waals surface area contributed by atoms with Crippen molar-refractivity contribution in [3.05, 3.63) is 12.2 Å². The molecule has 2 amide bonds. The SMILES string of the molecule is O=C(OC=NN1C(=O)C=CC1=O)C1CCCCC1. The van der Waals surface area contributed by atoms with E-state index in [1.807, 2.05) is 0 Å². The summed E-state index contributed by atoms with van der Waals surface area (Å²) in [6.45, 7) is 0. The molecule has 0 unspecified atom stereocenters. The average Bonchev–Trinajstić information content (AvgIpc) is 2.71. The highest BCUT2D eigenvalue weighted by molar-refractivity contribution is 6.12. The Morgan fingerprint density at radius 1 is 1.22 bits per heavy atom. The van der Waals surface area contributed by atoms with Crippen molar-refractivity contribution < 1.29 is 19.1 Å². The zero-order valence-corrected chi connectivity index (χ0v) is 9.87. The molecule has 2 rings (SSSR count). The van der Waals surface area contributed by atoms with Crippen molar-refractivity contribution in [1.82, 2.24) is 5.01 Å². The topological polar surface area (TPSA) is 76.0 Å². The maximum atomic E-state index is 11.6. The minimum absolute atomic E-state index is 0.0895. The number of esters is 1. The van der Waals surface area contributed by atoms with E-state index in [0.717, 1.165) is 50.7 Å². The van der Waals surface area contributed by atoms with Crippen LogP contribution in [0.5, 0.6) is 0 Å². The van der Waals surface area contributed by atoms with Gasteiger partial charge in [-0.1, -0.05) is 19.3 Å². The number of hydrogen-bond acceptors (Lipinski definition) is 5. The molecule has 1 aliphatic heterocycles. The number of imide groups is 1. The Labute approximate surface area is 104 Å². The minimum atomic E-state index is -0.537. The van der Waals surface area contributed by atoms with Crippen LogP contribution in [0.25, 0.3) is 0 Å². The van der Waals surface area contributed by atoms with Crippen molar-refractivity contribution in [2.45, 2.75) is 32.1 Å². The number of nitrogens with zero attached hydrogens (tertiary/aromatic N) is 2. The normalized spacial score (nSPS) is 21.0. The fourth-order valence-electron chi connectivity index (χ4n) is 2.06. The number of amides is 2. The lowest BCUT2D eigenvalue weighted by Gasteiger charge is -2.18. The lowest BCUT2D eigenvalue weighted by Crippen LogP contribution is -2.25. The summed E-state index contributed by atoms with van der Waals surface area (Å²) < 4.78 is 4.84. The van der Waals surface area contributed by atoms with Gasteiger partial charge >= 0.3 is 5.97 Å². The van der Waals surface area contributed by atoms with Crippen LogP contribution < -0.4 is 0 Å². The summed E-state index contributed by atoms with van der Waals surface area (Å²) >= 11 is 0. The molecule has 96 valence electrons. The largest absolute Gasteiger partial charge is 0.413 e. The Morgan fingerprint density at radius 3 is 2.44 bits per heavy atom. The average molecular weight is 250 g/mol. The third-order valence-electron chi connectivity index (χ3n) is 3.06. The highest BCUT2D eigenvalue weighted by Crippen LogP contribution is 2.24. The van der Waals surface area contributed by atoms with Crippen LogP contribution in [0.4, 0.5) is 0 Å². The molecule has 0 spiro atoms. The first-order valence-electron chi connectivity index (χ1n) is 5.97. The van der Waals surface area contributed by atoms with Crippen LogP contribution in [0, 0.1) is 5.92 Å².